The van der Waals surface area contributed by atoms with E-state index in [4.69, 9.17) is 9.47 Å². The van der Waals surface area contributed by atoms with Crippen LogP contribution in [0.15, 0.2) is 30.3 Å². The van der Waals surface area contributed by atoms with Crippen LogP contribution in [0.5, 0.6) is 0 Å². The molecule has 1 aromatic rings. The summed E-state index contributed by atoms with van der Waals surface area (Å²) >= 11 is 2.60. The Morgan fingerprint density at radius 3 is 2.83 bits per heavy atom. The third-order valence-corrected chi connectivity index (χ3v) is 4.62. The molecular weight excluding hydrogens is 309 g/mol. The van der Waals surface area contributed by atoms with Crippen LogP contribution in [-0.4, -0.2) is 59.6 Å². The fraction of sp³-hybridized carbons (Fsp3) is 0.529. The molecule has 2 rings (SSSR count). The van der Waals surface area contributed by atoms with Crippen molar-refractivity contribution in [2.45, 2.75) is 30.6 Å². The Bertz CT molecular complexity index is 523. The molecule has 1 saturated heterocycles. The van der Waals surface area contributed by atoms with Gasteiger partial charge in [0, 0.05) is 19.6 Å². The quantitative estimate of drug-likeness (QED) is 0.541. The highest BCUT2D eigenvalue weighted by Gasteiger charge is 2.39. The van der Waals surface area contributed by atoms with E-state index in [2.05, 4.69) is 16.3 Å². The van der Waals surface area contributed by atoms with E-state index >= 15 is 0 Å². The number of cyclic esters (lactones) is 1. The minimum Gasteiger partial charge on any atom is -0.447 e. The fourth-order valence-electron chi connectivity index (χ4n) is 2.78. The number of benzene rings is 1. The van der Waals surface area contributed by atoms with Gasteiger partial charge in [0.2, 0.25) is 5.91 Å². The van der Waals surface area contributed by atoms with Crippen LogP contribution in [-0.2, 0) is 20.7 Å². The summed E-state index contributed by atoms with van der Waals surface area (Å²) in [6, 6.07) is 9.63. The number of methoxy groups -OCH3 is 1. The number of hydrogen-bond donors (Lipinski definition) is 0. The number of amides is 2. The van der Waals surface area contributed by atoms with Crippen molar-refractivity contribution in [1.29, 1.82) is 0 Å². The first kappa shape index (κ1) is 18.0. The molecule has 1 aromatic carbocycles. The van der Waals surface area contributed by atoms with Gasteiger partial charge >= 0.3 is 6.09 Å². The standard InChI is InChI=1S/C17H22NO4.Al/c1-13(7-6-10-21-2)16(19)18-15(12-22-17(18)20)11-14-8-4-3-5-9-14;/h3-5,8-9,13,15H,1,6-7,10-12H2,2H3;. The van der Waals surface area contributed by atoms with Crippen molar-refractivity contribution < 1.29 is 19.1 Å². The second-order valence-corrected chi connectivity index (χ2v) is 6.17. The molecule has 2 unspecified atom stereocenters. The van der Waals surface area contributed by atoms with Gasteiger partial charge in [-0.15, -0.1) is 5.28 Å². The van der Waals surface area contributed by atoms with Gasteiger partial charge in [-0.05, 0) is 24.8 Å². The molecule has 0 N–H and O–H groups in total. The lowest BCUT2D eigenvalue weighted by molar-refractivity contribution is -0.133. The van der Waals surface area contributed by atoms with Crippen LogP contribution < -0.4 is 0 Å². The number of imide groups is 1. The zero-order valence-electron chi connectivity index (χ0n) is 13.4. The van der Waals surface area contributed by atoms with Crippen molar-refractivity contribution in [2.75, 3.05) is 20.3 Å². The Balaban J connectivity index is 2.04. The molecule has 0 aliphatic carbocycles. The predicted octanol–water partition coefficient (Wildman–Crippen LogP) is 2.21. The Labute approximate surface area is 145 Å². The maximum absolute atomic E-state index is 12.8. The molecule has 0 spiro atoms. The van der Waals surface area contributed by atoms with Crippen molar-refractivity contribution in [2.24, 2.45) is 5.92 Å². The first-order valence-electron chi connectivity index (χ1n) is 7.90. The van der Waals surface area contributed by atoms with Gasteiger partial charge in [-0.1, -0.05) is 30.3 Å². The van der Waals surface area contributed by atoms with Gasteiger partial charge in [0.1, 0.15) is 22.9 Å². The molecule has 1 fully saturated rings. The molecule has 0 saturated carbocycles. The van der Waals surface area contributed by atoms with Crippen LogP contribution in [0.1, 0.15) is 18.4 Å². The summed E-state index contributed by atoms with van der Waals surface area (Å²) in [6.45, 7) is 0.882. The zero-order valence-corrected chi connectivity index (χ0v) is 14.6. The minimum atomic E-state index is -0.522. The molecule has 6 heteroatoms. The second-order valence-electron chi connectivity index (χ2n) is 5.70. The van der Waals surface area contributed by atoms with Crippen molar-refractivity contribution >= 4 is 28.3 Å². The van der Waals surface area contributed by atoms with E-state index in [9.17, 15) is 9.59 Å². The summed E-state index contributed by atoms with van der Waals surface area (Å²) in [6.07, 6.45) is 1.61. The molecule has 122 valence electrons. The maximum Gasteiger partial charge on any atom is 0.416 e. The van der Waals surface area contributed by atoms with Crippen LogP contribution in [0.3, 0.4) is 0 Å². The SMILES string of the molecule is COCCCC([CH2][Al])C(=O)N1C(=O)OCC1Cc1ccccc1. The first-order chi connectivity index (χ1) is 11.2. The molecule has 2 atom stereocenters. The van der Waals surface area contributed by atoms with Crippen molar-refractivity contribution in [1.82, 2.24) is 4.90 Å². The van der Waals surface area contributed by atoms with Gasteiger partial charge in [-0.25, -0.2) is 9.69 Å². The van der Waals surface area contributed by atoms with Crippen LogP contribution in [0.25, 0.3) is 0 Å². The lowest BCUT2D eigenvalue weighted by atomic mass is 10.0. The minimum absolute atomic E-state index is 0.139. The van der Waals surface area contributed by atoms with Crippen LogP contribution in [0, 0.1) is 5.92 Å². The maximum atomic E-state index is 12.8. The Hall–Kier alpha value is -1.35. The monoisotopic (exact) mass is 331 g/mol. The summed E-state index contributed by atoms with van der Waals surface area (Å²) in [5.74, 6) is -0.335. The average molecular weight is 331 g/mol. The van der Waals surface area contributed by atoms with Gasteiger partial charge in [0.05, 0.1) is 6.04 Å². The summed E-state index contributed by atoms with van der Waals surface area (Å²) in [5.41, 5.74) is 1.09. The number of carbonyl (C=O) groups is 2. The second kappa shape index (κ2) is 9.07. The highest BCUT2D eigenvalue weighted by molar-refractivity contribution is 6.11. The third kappa shape index (κ3) is 4.81. The van der Waals surface area contributed by atoms with E-state index in [1.54, 1.807) is 7.11 Å². The van der Waals surface area contributed by atoms with E-state index in [1.165, 1.54) is 4.90 Å². The Morgan fingerprint density at radius 1 is 1.43 bits per heavy atom. The van der Waals surface area contributed by atoms with E-state index in [0.717, 1.165) is 12.0 Å². The molecule has 0 bridgehead atoms. The molecule has 1 aliphatic rings. The normalized spacial score (nSPS) is 18.7. The highest BCUT2D eigenvalue weighted by atomic mass is 27.0. The predicted molar refractivity (Wildman–Crippen MR) is 87.3 cm³/mol. The van der Waals surface area contributed by atoms with Crippen molar-refractivity contribution in [3.8, 4) is 0 Å². The van der Waals surface area contributed by atoms with Gasteiger partial charge in [-0.2, -0.15) is 0 Å². The van der Waals surface area contributed by atoms with Gasteiger partial charge < -0.3 is 9.47 Å². The van der Waals surface area contributed by atoms with Gasteiger partial charge in [0.15, 0.2) is 0 Å². The summed E-state index contributed by atoms with van der Waals surface area (Å²) in [7, 11) is 1.64. The zero-order chi connectivity index (χ0) is 16.7. The molecule has 0 aromatic heterocycles. The number of ether oxygens (including phenoxy) is 2. The fourth-order valence-corrected chi connectivity index (χ4v) is 3.22. The highest BCUT2D eigenvalue weighted by Crippen LogP contribution is 2.23. The molecule has 2 radical (unpaired) electrons. The first-order valence-corrected chi connectivity index (χ1v) is 8.71. The number of carbonyl (C=O) groups excluding carboxylic acids is 2. The number of hydrogen-bond acceptors (Lipinski definition) is 4. The lowest BCUT2D eigenvalue weighted by Crippen LogP contribution is -2.43. The van der Waals surface area contributed by atoms with E-state index < -0.39 is 6.09 Å². The summed E-state index contributed by atoms with van der Waals surface area (Å²) in [4.78, 5) is 26.1. The van der Waals surface area contributed by atoms with E-state index in [1.807, 2.05) is 30.3 Å². The average Bonchev–Trinajstić information content (AvgIpc) is 2.92. The third-order valence-electron chi connectivity index (χ3n) is 4.05. The number of rotatable bonds is 8. The van der Waals surface area contributed by atoms with Crippen molar-refractivity contribution in [3.63, 3.8) is 0 Å². The Morgan fingerprint density at radius 2 is 2.17 bits per heavy atom. The summed E-state index contributed by atoms with van der Waals surface area (Å²) < 4.78 is 10.2. The smallest absolute Gasteiger partial charge is 0.416 e. The molecular formula is C17H22AlNO4. The van der Waals surface area contributed by atoms with Crippen molar-refractivity contribution in [3.05, 3.63) is 35.9 Å². The van der Waals surface area contributed by atoms with Gasteiger partial charge in [0.25, 0.3) is 0 Å². The number of nitrogens with zero attached hydrogens (tertiary/aromatic N) is 1. The molecule has 2 amide bonds. The van der Waals surface area contributed by atoms with Crippen LogP contribution >= 0.6 is 0 Å². The molecule has 1 aliphatic heterocycles. The molecule has 23 heavy (non-hydrogen) atoms. The molecule has 1 heterocycles. The topological polar surface area (TPSA) is 55.8 Å². The lowest BCUT2D eigenvalue weighted by Gasteiger charge is -2.24. The largest absolute Gasteiger partial charge is 0.447 e. The van der Waals surface area contributed by atoms with E-state index in [-0.39, 0.29) is 24.5 Å². The van der Waals surface area contributed by atoms with Gasteiger partial charge in [-0.3, -0.25) is 4.79 Å². The Kier molecular flexibility index (Phi) is 7.10. The van der Waals surface area contributed by atoms with Crippen LogP contribution in [0.4, 0.5) is 4.79 Å². The molecule has 5 nitrogen and oxygen atoms in total. The van der Waals surface area contributed by atoms with E-state index in [0.29, 0.717) is 24.7 Å². The summed E-state index contributed by atoms with van der Waals surface area (Å²) in [5, 5.41) is 0.629. The van der Waals surface area contributed by atoms with Crippen LogP contribution in [0.2, 0.25) is 5.28 Å².